The molecule has 2 N–H and O–H groups in total. The fourth-order valence-electron chi connectivity index (χ4n) is 4.08. The molecule has 6 nitrogen and oxygen atoms in total. The van der Waals surface area contributed by atoms with Crippen LogP contribution in [-0.4, -0.2) is 27.4 Å². The van der Waals surface area contributed by atoms with Gasteiger partial charge in [0, 0.05) is 17.4 Å². The van der Waals surface area contributed by atoms with E-state index in [9.17, 15) is 4.79 Å². The van der Waals surface area contributed by atoms with Crippen molar-refractivity contribution in [2.45, 2.75) is 12.1 Å². The number of para-hydroxylation sites is 1. The Kier molecular flexibility index (Phi) is 6.72. The first-order chi connectivity index (χ1) is 17.0. The molecule has 0 radical (unpaired) electrons. The largest absolute Gasteiger partial charge is 0.459 e. The normalized spacial score (nSPS) is 17.3. The molecule has 2 aromatic carbocycles. The number of carbonyl (C=O) groups excluding carboxylic acids is 1. The predicted molar refractivity (Wildman–Crippen MR) is 141 cm³/mol. The number of pyridine rings is 1. The maximum Gasteiger partial charge on any atom is 0.244 e. The van der Waals surface area contributed by atoms with Crippen LogP contribution in [0.2, 0.25) is 10.0 Å². The Hall–Kier alpha value is -3.39. The first-order valence-electron chi connectivity index (χ1n) is 10.9. The van der Waals surface area contributed by atoms with Crippen LogP contribution in [0.5, 0.6) is 0 Å². The van der Waals surface area contributed by atoms with Crippen molar-refractivity contribution in [3.05, 3.63) is 107 Å². The molecule has 1 aliphatic heterocycles. The average molecular weight is 523 g/mol. The summed E-state index contributed by atoms with van der Waals surface area (Å²) >= 11 is 17.9. The van der Waals surface area contributed by atoms with Gasteiger partial charge in [0.15, 0.2) is 5.11 Å². The predicted octanol–water partition coefficient (Wildman–Crippen LogP) is 6.26. The number of benzene rings is 2. The van der Waals surface area contributed by atoms with E-state index in [1.54, 1.807) is 18.3 Å². The van der Waals surface area contributed by atoms with Crippen molar-refractivity contribution >= 4 is 52.1 Å². The van der Waals surface area contributed by atoms with E-state index in [0.717, 1.165) is 11.3 Å². The molecule has 1 amide bonds. The van der Waals surface area contributed by atoms with Crippen molar-refractivity contribution in [1.82, 2.24) is 15.2 Å². The molecule has 0 bridgehead atoms. The zero-order valence-electron chi connectivity index (χ0n) is 18.3. The maximum absolute atomic E-state index is 12.9. The summed E-state index contributed by atoms with van der Waals surface area (Å²) in [6.45, 7) is 0.0392. The van der Waals surface area contributed by atoms with Gasteiger partial charge in [-0.25, -0.2) is 0 Å². The Morgan fingerprint density at radius 3 is 2.57 bits per heavy atom. The van der Waals surface area contributed by atoms with E-state index in [2.05, 4.69) is 15.6 Å². The fraction of sp³-hybridized carbons (Fsp3) is 0.115. The van der Waals surface area contributed by atoms with Crippen LogP contribution < -0.4 is 10.6 Å². The molecule has 0 saturated carbocycles. The third kappa shape index (κ3) is 5.03. The summed E-state index contributed by atoms with van der Waals surface area (Å²) in [5.41, 5.74) is 2.30. The van der Waals surface area contributed by atoms with Crippen molar-refractivity contribution in [3.8, 4) is 11.3 Å². The lowest BCUT2D eigenvalue weighted by atomic mass is 10.0. The number of anilines is 1. The second kappa shape index (κ2) is 10.1. The highest BCUT2D eigenvalue weighted by Crippen LogP contribution is 2.40. The number of rotatable bonds is 6. The molecule has 0 spiro atoms. The molecule has 0 aliphatic carbocycles. The summed E-state index contributed by atoms with van der Waals surface area (Å²) in [7, 11) is 0. The number of thiocarbonyl (C=S) groups is 1. The lowest BCUT2D eigenvalue weighted by Crippen LogP contribution is -2.36. The third-order valence-electron chi connectivity index (χ3n) is 5.69. The summed E-state index contributed by atoms with van der Waals surface area (Å²) in [6, 6.07) is 23.4. The Bertz CT molecular complexity index is 1360. The molecule has 3 heterocycles. The number of amides is 1. The van der Waals surface area contributed by atoms with Crippen LogP contribution in [0.15, 0.2) is 89.5 Å². The third-order valence-corrected chi connectivity index (χ3v) is 6.78. The number of carbonyl (C=O) groups is 1. The van der Waals surface area contributed by atoms with Crippen LogP contribution >= 0.6 is 35.4 Å². The average Bonchev–Trinajstić information content (AvgIpc) is 3.47. The summed E-state index contributed by atoms with van der Waals surface area (Å²) in [5.74, 6) is 1.08. The molecule has 176 valence electrons. The van der Waals surface area contributed by atoms with Crippen molar-refractivity contribution in [3.63, 3.8) is 0 Å². The molecule has 1 fully saturated rings. The zero-order chi connectivity index (χ0) is 24.4. The number of hydrogen-bond acceptors (Lipinski definition) is 4. The molecule has 2 atom stereocenters. The highest BCUT2D eigenvalue weighted by atomic mass is 35.5. The number of halogens is 2. The second-order valence-electron chi connectivity index (χ2n) is 8.00. The first-order valence-corrected chi connectivity index (χ1v) is 12.0. The lowest BCUT2D eigenvalue weighted by Gasteiger charge is -2.25. The van der Waals surface area contributed by atoms with E-state index in [0.29, 0.717) is 32.4 Å². The van der Waals surface area contributed by atoms with Crippen LogP contribution in [0, 0.1) is 0 Å². The van der Waals surface area contributed by atoms with E-state index in [4.69, 9.17) is 39.8 Å². The van der Waals surface area contributed by atoms with E-state index >= 15 is 0 Å². The van der Waals surface area contributed by atoms with Crippen LogP contribution in [0.25, 0.3) is 11.3 Å². The molecule has 5 rings (SSSR count). The van der Waals surface area contributed by atoms with Gasteiger partial charge in [-0.3, -0.25) is 9.78 Å². The van der Waals surface area contributed by atoms with Crippen LogP contribution in [0.3, 0.4) is 0 Å². The summed E-state index contributed by atoms with van der Waals surface area (Å²) < 4.78 is 6.28. The van der Waals surface area contributed by atoms with Crippen LogP contribution in [-0.2, 0) is 4.79 Å². The summed E-state index contributed by atoms with van der Waals surface area (Å²) in [4.78, 5) is 19.3. The minimum Gasteiger partial charge on any atom is -0.459 e. The molecule has 1 saturated heterocycles. The Morgan fingerprint density at radius 1 is 1.03 bits per heavy atom. The van der Waals surface area contributed by atoms with Crippen molar-refractivity contribution < 1.29 is 9.21 Å². The first kappa shape index (κ1) is 23.4. The van der Waals surface area contributed by atoms with E-state index in [-0.39, 0.29) is 18.5 Å². The van der Waals surface area contributed by atoms with E-state index in [1.807, 2.05) is 71.6 Å². The Balaban J connectivity index is 1.47. The molecule has 1 aliphatic rings. The lowest BCUT2D eigenvalue weighted by molar-refractivity contribution is -0.116. The number of nitrogens with one attached hydrogen (secondary N) is 2. The van der Waals surface area contributed by atoms with Crippen molar-refractivity contribution in [1.29, 1.82) is 0 Å². The zero-order valence-corrected chi connectivity index (χ0v) is 20.6. The Labute approximate surface area is 217 Å². The van der Waals surface area contributed by atoms with Crippen molar-refractivity contribution in [2.75, 3.05) is 11.9 Å². The van der Waals surface area contributed by atoms with Gasteiger partial charge in [0.2, 0.25) is 5.91 Å². The summed E-state index contributed by atoms with van der Waals surface area (Å²) in [5, 5.41) is 7.59. The second-order valence-corrected chi connectivity index (χ2v) is 9.20. The Morgan fingerprint density at radius 2 is 1.83 bits per heavy atom. The van der Waals surface area contributed by atoms with Gasteiger partial charge in [-0.05, 0) is 66.8 Å². The molecule has 2 aromatic heterocycles. The van der Waals surface area contributed by atoms with Gasteiger partial charge in [0.1, 0.15) is 24.1 Å². The molecular weight excluding hydrogens is 503 g/mol. The highest BCUT2D eigenvalue weighted by Gasteiger charge is 2.42. The van der Waals surface area contributed by atoms with Gasteiger partial charge in [-0.15, -0.1) is 0 Å². The smallest absolute Gasteiger partial charge is 0.244 e. The molecule has 4 aromatic rings. The van der Waals surface area contributed by atoms with E-state index < -0.39 is 6.04 Å². The molecule has 35 heavy (non-hydrogen) atoms. The number of hydrogen-bond donors (Lipinski definition) is 2. The van der Waals surface area contributed by atoms with Gasteiger partial charge >= 0.3 is 0 Å². The molecule has 0 unspecified atom stereocenters. The fourth-order valence-corrected chi connectivity index (χ4v) is 4.68. The van der Waals surface area contributed by atoms with Gasteiger partial charge in [-0.1, -0.05) is 47.5 Å². The number of nitrogens with zero attached hydrogens (tertiary/aromatic N) is 2. The quantitative estimate of drug-likeness (QED) is 0.291. The van der Waals surface area contributed by atoms with Crippen molar-refractivity contribution in [2.24, 2.45) is 0 Å². The minimum absolute atomic E-state index is 0.0392. The van der Waals surface area contributed by atoms with Crippen LogP contribution in [0.4, 0.5) is 5.69 Å². The van der Waals surface area contributed by atoms with Crippen LogP contribution in [0.1, 0.15) is 23.5 Å². The van der Waals surface area contributed by atoms with Gasteiger partial charge in [-0.2, -0.15) is 0 Å². The van der Waals surface area contributed by atoms with E-state index in [1.165, 1.54) is 0 Å². The monoisotopic (exact) mass is 522 g/mol. The standard InChI is InChI=1S/C26H20Cl2N4O2S/c27-18-10-9-16(14-19(18)28)21-11-12-22(34-21)25-24(20-8-4-5-13-29-20)31-26(35)32(25)15-23(33)30-17-6-2-1-3-7-17/h1-14,24-25H,15H2,(H,30,33)(H,31,35)/t24-,25+/m1/s1. The molecule has 9 heteroatoms. The topological polar surface area (TPSA) is 70.4 Å². The molecular formula is C26H20Cl2N4O2S. The maximum atomic E-state index is 12.9. The minimum atomic E-state index is -0.393. The number of furan rings is 1. The van der Waals surface area contributed by atoms with Gasteiger partial charge < -0.3 is 20.0 Å². The van der Waals surface area contributed by atoms with Gasteiger partial charge in [0.05, 0.1) is 21.8 Å². The number of aromatic nitrogens is 1. The SMILES string of the molecule is O=C(CN1C(=S)N[C@H](c2ccccn2)[C@@H]1c1ccc(-c2ccc(Cl)c(Cl)c2)o1)Nc1ccccc1. The van der Waals surface area contributed by atoms with Gasteiger partial charge in [0.25, 0.3) is 0 Å². The summed E-state index contributed by atoms with van der Waals surface area (Å²) in [6.07, 6.45) is 1.73. The highest BCUT2D eigenvalue weighted by molar-refractivity contribution is 7.80.